The summed E-state index contributed by atoms with van der Waals surface area (Å²) in [5.41, 5.74) is 2.35. The molecule has 2 heterocycles. The minimum Gasteiger partial charge on any atom is -0.361 e. The average Bonchev–Trinajstić information content (AvgIpc) is 3.21. The molecule has 1 saturated heterocycles. The molecule has 0 radical (unpaired) electrons. The molecule has 1 aliphatic heterocycles. The van der Waals surface area contributed by atoms with E-state index in [1.165, 1.54) is 24.3 Å². The van der Waals surface area contributed by atoms with Crippen LogP contribution >= 0.6 is 0 Å². The molecule has 0 saturated carbocycles. The second kappa shape index (κ2) is 8.85. The van der Waals surface area contributed by atoms with Gasteiger partial charge in [0, 0.05) is 67.8 Å². The predicted octanol–water partition coefficient (Wildman–Crippen LogP) is 3.90. The maximum atomic E-state index is 13.5. The smallest absolute Gasteiger partial charge is 0.270 e. The number of non-ortho nitro benzene ring substituents is 1. The number of benzene rings is 2. The second-order valence-corrected chi connectivity index (χ2v) is 7.85. The molecular formula is C23H25FN4O3. The lowest BCUT2D eigenvalue weighted by Crippen LogP contribution is -2.48. The zero-order chi connectivity index (χ0) is 22.0. The van der Waals surface area contributed by atoms with Gasteiger partial charge in [-0.25, -0.2) is 4.39 Å². The topological polar surface area (TPSA) is 82.5 Å². The van der Waals surface area contributed by atoms with E-state index in [0.29, 0.717) is 18.5 Å². The Hall–Kier alpha value is -3.26. The van der Waals surface area contributed by atoms with Crippen LogP contribution in [0, 0.1) is 15.9 Å². The number of fused-ring (bicyclic) bond motifs is 1. The molecule has 162 valence electrons. The van der Waals surface area contributed by atoms with Gasteiger partial charge in [0.15, 0.2) is 0 Å². The fourth-order valence-corrected chi connectivity index (χ4v) is 4.25. The number of halogens is 1. The lowest BCUT2D eigenvalue weighted by Gasteiger charge is -2.34. The van der Waals surface area contributed by atoms with Crippen LogP contribution in [0.1, 0.15) is 30.4 Å². The Morgan fingerprint density at radius 3 is 2.52 bits per heavy atom. The fourth-order valence-electron chi connectivity index (χ4n) is 4.25. The molecule has 1 atom stereocenters. The van der Waals surface area contributed by atoms with Gasteiger partial charge >= 0.3 is 0 Å². The summed E-state index contributed by atoms with van der Waals surface area (Å²) in [5, 5.41) is 12.0. The van der Waals surface area contributed by atoms with Crippen LogP contribution in [0.5, 0.6) is 0 Å². The number of amides is 1. The molecule has 1 aliphatic rings. The number of aromatic amines is 1. The van der Waals surface area contributed by atoms with Gasteiger partial charge in [0.2, 0.25) is 5.91 Å². The molecule has 1 aromatic heterocycles. The maximum Gasteiger partial charge on any atom is 0.270 e. The first-order valence-electron chi connectivity index (χ1n) is 10.5. The van der Waals surface area contributed by atoms with Crippen molar-refractivity contribution in [3.63, 3.8) is 0 Å². The van der Waals surface area contributed by atoms with Crippen molar-refractivity contribution in [3.05, 3.63) is 75.7 Å². The highest BCUT2D eigenvalue weighted by molar-refractivity contribution is 5.87. The highest BCUT2D eigenvalue weighted by Crippen LogP contribution is 2.35. The Balaban J connectivity index is 1.68. The number of aromatic nitrogens is 1. The Bertz CT molecular complexity index is 1090. The zero-order valence-corrected chi connectivity index (χ0v) is 17.4. The highest BCUT2D eigenvalue weighted by atomic mass is 19.1. The van der Waals surface area contributed by atoms with Gasteiger partial charge in [0.25, 0.3) is 5.69 Å². The summed E-state index contributed by atoms with van der Waals surface area (Å²) in [4.78, 5) is 31.4. The van der Waals surface area contributed by atoms with E-state index in [9.17, 15) is 19.3 Å². The first kappa shape index (κ1) is 21.0. The number of piperazine rings is 1. The molecule has 3 aromatic rings. The molecule has 0 spiro atoms. The van der Waals surface area contributed by atoms with Crippen LogP contribution in [-0.2, 0) is 4.79 Å². The molecule has 8 heteroatoms. The summed E-state index contributed by atoms with van der Waals surface area (Å²) >= 11 is 0. The van der Waals surface area contributed by atoms with Gasteiger partial charge in [-0.3, -0.25) is 14.9 Å². The molecule has 1 N–H and O–H groups in total. The lowest BCUT2D eigenvalue weighted by atomic mass is 9.87. The minimum atomic E-state index is -0.429. The van der Waals surface area contributed by atoms with Crippen molar-refractivity contribution in [1.29, 1.82) is 0 Å². The van der Waals surface area contributed by atoms with Gasteiger partial charge < -0.3 is 14.8 Å². The summed E-state index contributed by atoms with van der Waals surface area (Å²) in [6, 6.07) is 10.8. The first-order valence-corrected chi connectivity index (χ1v) is 10.5. The van der Waals surface area contributed by atoms with E-state index in [1.807, 2.05) is 4.90 Å². The number of rotatable bonds is 6. The van der Waals surface area contributed by atoms with E-state index in [-0.39, 0.29) is 29.8 Å². The molecule has 4 rings (SSSR count). The summed E-state index contributed by atoms with van der Waals surface area (Å²) in [6.45, 7) is 6.14. The van der Waals surface area contributed by atoms with E-state index in [2.05, 4.69) is 16.8 Å². The van der Waals surface area contributed by atoms with Crippen LogP contribution in [0.25, 0.3) is 10.9 Å². The second-order valence-electron chi connectivity index (χ2n) is 7.85. The third kappa shape index (κ3) is 4.44. The normalized spacial score (nSPS) is 15.9. The number of nitro groups is 1. The fraction of sp³-hybridized carbons (Fsp3) is 0.348. The van der Waals surface area contributed by atoms with Crippen molar-refractivity contribution in [2.75, 3.05) is 32.7 Å². The Morgan fingerprint density at radius 1 is 1.16 bits per heavy atom. The molecule has 7 nitrogen and oxygen atoms in total. The average molecular weight is 424 g/mol. The van der Waals surface area contributed by atoms with Crippen LogP contribution in [-0.4, -0.2) is 58.3 Å². The van der Waals surface area contributed by atoms with E-state index in [4.69, 9.17) is 0 Å². The maximum absolute atomic E-state index is 13.5. The highest BCUT2D eigenvalue weighted by Gasteiger charge is 2.27. The predicted molar refractivity (Wildman–Crippen MR) is 117 cm³/mol. The number of carbonyl (C=O) groups excluding carboxylic acids is 1. The number of hydrogen-bond donors (Lipinski definition) is 1. The van der Waals surface area contributed by atoms with E-state index < -0.39 is 4.92 Å². The lowest BCUT2D eigenvalue weighted by molar-refractivity contribution is -0.384. The first-order chi connectivity index (χ1) is 15.0. The Labute approximate surface area is 179 Å². The van der Waals surface area contributed by atoms with Gasteiger partial charge in [-0.1, -0.05) is 19.1 Å². The van der Waals surface area contributed by atoms with Crippen molar-refractivity contribution >= 4 is 22.5 Å². The van der Waals surface area contributed by atoms with E-state index in [0.717, 1.165) is 36.3 Å². The Kier molecular flexibility index (Phi) is 5.99. The molecular weight excluding hydrogens is 399 g/mol. The van der Waals surface area contributed by atoms with Crippen LogP contribution in [0.3, 0.4) is 0 Å². The van der Waals surface area contributed by atoms with Crippen LogP contribution in [0.15, 0.2) is 48.7 Å². The van der Waals surface area contributed by atoms with Crippen molar-refractivity contribution in [1.82, 2.24) is 14.8 Å². The monoisotopic (exact) mass is 424 g/mol. The van der Waals surface area contributed by atoms with Crippen molar-refractivity contribution in [3.8, 4) is 0 Å². The Morgan fingerprint density at radius 2 is 1.87 bits per heavy atom. The quantitative estimate of drug-likeness (QED) is 0.481. The van der Waals surface area contributed by atoms with E-state index >= 15 is 0 Å². The third-order valence-corrected chi connectivity index (χ3v) is 6.11. The molecule has 0 aliphatic carbocycles. The number of nitro benzene ring substituents is 1. The third-order valence-electron chi connectivity index (χ3n) is 6.11. The molecule has 0 unspecified atom stereocenters. The van der Waals surface area contributed by atoms with Crippen LogP contribution in [0.4, 0.5) is 10.1 Å². The van der Waals surface area contributed by atoms with Crippen molar-refractivity contribution < 1.29 is 14.1 Å². The van der Waals surface area contributed by atoms with Gasteiger partial charge in [-0.05, 0) is 35.9 Å². The standard InChI is InChI=1S/C23H25FN4O3/c1-2-26-9-11-27(12-10-26)23(29)14-19(16-3-5-17(24)6-4-16)21-15-25-22-8-7-18(28(30)31)13-20(21)22/h3-8,13,15,19,25H,2,9-12,14H2,1H3/t19-/m1/s1. The molecule has 1 amide bonds. The summed E-state index contributed by atoms with van der Waals surface area (Å²) < 4.78 is 13.5. The number of likely N-dealkylation sites (N-methyl/N-ethyl adjacent to an activating group) is 1. The van der Waals surface area contributed by atoms with Crippen molar-refractivity contribution in [2.45, 2.75) is 19.3 Å². The number of H-pyrrole nitrogens is 1. The zero-order valence-electron chi connectivity index (χ0n) is 17.4. The number of hydrogen-bond acceptors (Lipinski definition) is 4. The summed E-state index contributed by atoms with van der Waals surface area (Å²) in [5.74, 6) is -0.656. The summed E-state index contributed by atoms with van der Waals surface area (Å²) in [6.07, 6.45) is 2.01. The van der Waals surface area contributed by atoms with Gasteiger partial charge in [0.1, 0.15) is 5.82 Å². The number of nitrogens with zero attached hydrogens (tertiary/aromatic N) is 3. The van der Waals surface area contributed by atoms with E-state index in [1.54, 1.807) is 24.4 Å². The minimum absolute atomic E-state index is 0.00628. The van der Waals surface area contributed by atoms with Gasteiger partial charge in [-0.2, -0.15) is 0 Å². The number of carbonyl (C=O) groups is 1. The number of nitrogens with one attached hydrogen (secondary N) is 1. The largest absolute Gasteiger partial charge is 0.361 e. The van der Waals surface area contributed by atoms with Crippen molar-refractivity contribution in [2.24, 2.45) is 0 Å². The van der Waals surface area contributed by atoms with Crippen LogP contribution < -0.4 is 0 Å². The van der Waals surface area contributed by atoms with Gasteiger partial charge in [0.05, 0.1) is 4.92 Å². The molecule has 2 aromatic carbocycles. The molecule has 1 fully saturated rings. The molecule has 0 bridgehead atoms. The SMILES string of the molecule is CCN1CCN(C(=O)C[C@H](c2ccc(F)cc2)c2c[nH]c3ccc([N+](=O)[O-])cc23)CC1. The van der Waals surface area contributed by atoms with Crippen LogP contribution in [0.2, 0.25) is 0 Å². The summed E-state index contributed by atoms with van der Waals surface area (Å²) in [7, 11) is 0. The van der Waals surface area contributed by atoms with Gasteiger partial charge in [-0.15, -0.1) is 0 Å². The molecule has 31 heavy (non-hydrogen) atoms.